The van der Waals surface area contributed by atoms with Gasteiger partial charge in [0.15, 0.2) is 0 Å². The van der Waals surface area contributed by atoms with Gasteiger partial charge in [-0.05, 0) is 19.1 Å². The van der Waals surface area contributed by atoms with Gasteiger partial charge in [-0.2, -0.15) is 0 Å². The third-order valence-corrected chi connectivity index (χ3v) is 6.05. The summed E-state index contributed by atoms with van der Waals surface area (Å²) in [5, 5.41) is 10.2. The smallest absolute Gasteiger partial charge is 0.257 e. The molecule has 0 bridgehead atoms. The summed E-state index contributed by atoms with van der Waals surface area (Å²) >= 11 is 0. The second-order valence-corrected chi connectivity index (χ2v) is 8.26. The fourth-order valence-corrected chi connectivity index (χ4v) is 3.87. The molecule has 1 amide bonds. The summed E-state index contributed by atoms with van der Waals surface area (Å²) in [7, 11) is -0.522. The van der Waals surface area contributed by atoms with Crippen LogP contribution in [0.2, 0.25) is 0 Å². The second kappa shape index (κ2) is 7.50. The maximum Gasteiger partial charge on any atom is 0.257 e. The minimum absolute atomic E-state index is 0.118. The number of benzene rings is 1. The zero-order chi connectivity index (χ0) is 17.9. The Morgan fingerprint density at radius 1 is 1.33 bits per heavy atom. The average Bonchev–Trinajstić information content (AvgIpc) is 2.88. The summed E-state index contributed by atoms with van der Waals surface area (Å²) in [6.45, 7) is 2.60. The van der Waals surface area contributed by atoms with E-state index < -0.39 is 22.0 Å². The van der Waals surface area contributed by atoms with Gasteiger partial charge >= 0.3 is 0 Å². The lowest BCUT2D eigenvalue weighted by Gasteiger charge is -2.19. The van der Waals surface area contributed by atoms with Crippen molar-refractivity contribution in [3.63, 3.8) is 0 Å². The van der Waals surface area contributed by atoms with E-state index in [1.165, 1.54) is 19.0 Å². The lowest BCUT2D eigenvalue weighted by molar-refractivity contribution is 0.0760. The highest BCUT2D eigenvalue weighted by molar-refractivity contribution is 7.89. The Labute approximate surface area is 142 Å². The number of aliphatic hydroxyl groups excluding tert-OH is 1. The van der Waals surface area contributed by atoms with Gasteiger partial charge in [0, 0.05) is 33.1 Å². The molecule has 0 aromatic heterocycles. The molecule has 0 unspecified atom stereocenters. The molecule has 1 saturated heterocycles. The van der Waals surface area contributed by atoms with Gasteiger partial charge in [0.1, 0.15) is 5.75 Å². The maximum atomic E-state index is 12.7. The van der Waals surface area contributed by atoms with Gasteiger partial charge in [-0.15, -0.1) is 0 Å². The number of β-amino-alcohol motifs (C(OH)–C–C–N with tert-alkyl or cyclic N) is 1. The van der Waals surface area contributed by atoms with Crippen LogP contribution in [-0.4, -0.2) is 74.3 Å². The lowest BCUT2D eigenvalue weighted by Crippen LogP contribution is -2.33. The SMILES string of the molecule is CCOc1ccccc1C(=O)N1C[C@@H](CS(=O)(=O)N(C)C)[C@H](O)C1. The van der Waals surface area contributed by atoms with E-state index in [-0.39, 0.29) is 24.7 Å². The monoisotopic (exact) mass is 356 g/mol. The van der Waals surface area contributed by atoms with Gasteiger partial charge in [0.25, 0.3) is 5.91 Å². The Morgan fingerprint density at radius 2 is 2.00 bits per heavy atom. The third kappa shape index (κ3) is 4.06. The number of amides is 1. The molecule has 7 nitrogen and oxygen atoms in total. The van der Waals surface area contributed by atoms with Crippen LogP contribution in [0.4, 0.5) is 0 Å². The van der Waals surface area contributed by atoms with E-state index in [1.54, 1.807) is 24.3 Å². The summed E-state index contributed by atoms with van der Waals surface area (Å²) in [6.07, 6.45) is -0.858. The maximum absolute atomic E-state index is 12.7. The number of ether oxygens (including phenoxy) is 1. The van der Waals surface area contributed by atoms with Crippen LogP contribution in [0.1, 0.15) is 17.3 Å². The molecule has 2 rings (SSSR count). The topological polar surface area (TPSA) is 87.2 Å². The molecule has 1 aromatic rings. The van der Waals surface area contributed by atoms with Crippen molar-refractivity contribution in [3.8, 4) is 5.75 Å². The minimum atomic E-state index is -3.43. The largest absolute Gasteiger partial charge is 0.493 e. The van der Waals surface area contributed by atoms with Crippen molar-refractivity contribution >= 4 is 15.9 Å². The van der Waals surface area contributed by atoms with Crippen LogP contribution >= 0.6 is 0 Å². The van der Waals surface area contributed by atoms with Crippen LogP contribution in [0.3, 0.4) is 0 Å². The third-order valence-electron chi connectivity index (χ3n) is 4.09. The summed E-state index contributed by atoms with van der Waals surface area (Å²) in [6, 6.07) is 6.92. The first-order valence-corrected chi connectivity index (χ1v) is 9.46. The highest BCUT2D eigenvalue weighted by Crippen LogP contribution is 2.25. The van der Waals surface area contributed by atoms with E-state index in [0.717, 1.165) is 4.31 Å². The van der Waals surface area contributed by atoms with E-state index in [0.29, 0.717) is 17.9 Å². The van der Waals surface area contributed by atoms with Crippen LogP contribution in [-0.2, 0) is 10.0 Å². The predicted molar refractivity (Wildman–Crippen MR) is 90.5 cm³/mol. The van der Waals surface area contributed by atoms with E-state index >= 15 is 0 Å². The molecule has 1 fully saturated rings. The molecule has 0 saturated carbocycles. The lowest BCUT2D eigenvalue weighted by atomic mass is 10.1. The molecule has 1 heterocycles. The van der Waals surface area contributed by atoms with Crippen molar-refractivity contribution in [2.24, 2.45) is 5.92 Å². The molecule has 1 aromatic carbocycles. The van der Waals surface area contributed by atoms with Crippen molar-refractivity contribution in [2.45, 2.75) is 13.0 Å². The Balaban J connectivity index is 2.13. The number of hydrogen-bond donors (Lipinski definition) is 1. The van der Waals surface area contributed by atoms with Crippen molar-refractivity contribution < 1.29 is 23.1 Å². The van der Waals surface area contributed by atoms with Crippen LogP contribution in [0.25, 0.3) is 0 Å². The van der Waals surface area contributed by atoms with Crippen LogP contribution in [0.15, 0.2) is 24.3 Å². The van der Waals surface area contributed by atoms with Crippen molar-refractivity contribution in [1.29, 1.82) is 0 Å². The fourth-order valence-electron chi connectivity index (χ4n) is 2.70. The van der Waals surface area contributed by atoms with Gasteiger partial charge in [0.05, 0.1) is 24.0 Å². The van der Waals surface area contributed by atoms with Gasteiger partial charge < -0.3 is 14.7 Å². The molecule has 1 N–H and O–H groups in total. The van der Waals surface area contributed by atoms with E-state index in [2.05, 4.69) is 0 Å². The van der Waals surface area contributed by atoms with Gasteiger partial charge in [-0.1, -0.05) is 12.1 Å². The van der Waals surface area contributed by atoms with E-state index in [1.807, 2.05) is 6.92 Å². The predicted octanol–water partition coefficient (Wildman–Crippen LogP) is 0.410. The first-order chi connectivity index (χ1) is 11.3. The number of likely N-dealkylation sites (tertiary alicyclic amines) is 1. The summed E-state index contributed by atoms with van der Waals surface area (Å²) < 4.78 is 30.6. The highest BCUT2D eigenvalue weighted by Gasteiger charge is 2.38. The Morgan fingerprint density at radius 3 is 2.62 bits per heavy atom. The number of nitrogens with zero attached hydrogens (tertiary/aromatic N) is 2. The number of rotatable bonds is 6. The number of para-hydroxylation sites is 1. The van der Waals surface area contributed by atoms with Gasteiger partial charge in [0.2, 0.25) is 10.0 Å². The number of carbonyl (C=O) groups excluding carboxylic acids is 1. The number of sulfonamides is 1. The minimum Gasteiger partial charge on any atom is -0.493 e. The van der Waals surface area contributed by atoms with E-state index in [9.17, 15) is 18.3 Å². The number of hydrogen-bond acceptors (Lipinski definition) is 5. The normalized spacial score (nSPS) is 21.3. The molecule has 1 aliphatic rings. The van der Waals surface area contributed by atoms with Crippen molar-refractivity contribution in [1.82, 2.24) is 9.21 Å². The molecule has 134 valence electrons. The quantitative estimate of drug-likeness (QED) is 0.798. The molecule has 2 atom stereocenters. The summed E-state index contributed by atoms with van der Waals surface area (Å²) in [4.78, 5) is 14.2. The van der Waals surface area contributed by atoms with Gasteiger partial charge in [-0.3, -0.25) is 4.79 Å². The summed E-state index contributed by atoms with van der Waals surface area (Å²) in [5.41, 5.74) is 0.419. The Kier molecular flexibility index (Phi) is 5.84. The molecule has 0 spiro atoms. The highest BCUT2D eigenvalue weighted by atomic mass is 32.2. The van der Waals surface area contributed by atoms with Crippen molar-refractivity contribution in [2.75, 3.05) is 39.5 Å². The van der Waals surface area contributed by atoms with E-state index in [4.69, 9.17) is 4.74 Å². The number of carbonyl (C=O) groups is 1. The molecule has 0 radical (unpaired) electrons. The van der Waals surface area contributed by atoms with Crippen molar-refractivity contribution in [3.05, 3.63) is 29.8 Å². The number of aliphatic hydroxyl groups is 1. The van der Waals surface area contributed by atoms with Gasteiger partial charge in [-0.25, -0.2) is 12.7 Å². The molecule has 0 aliphatic carbocycles. The van der Waals surface area contributed by atoms with Crippen LogP contribution < -0.4 is 4.74 Å². The fraction of sp³-hybridized carbons (Fsp3) is 0.562. The Hall–Kier alpha value is -1.64. The zero-order valence-corrected chi connectivity index (χ0v) is 15.0. The summed E-state index contributed by atoms with van der Waals surface area (Å²) in [5.74, 6) is -0.453. The molecule has 1 aliphatic heterocycles. The Bertz CT molecular complexity index is 689. The first-order valence-electron chi connectivity index (χ1n) is 7.85. The molecular formula is C16H24N2O5S. The standard InChI is InChI=1S/C16H24N2O5S/c1-4-23-15-8-6-5-7-13(15)16(20)18-9-12(14(19)10-18)11-24(21,22)17(2)3/h5-8,12,14,19H,4,9-11H2,1-3H3/t12-,14+/m0/s1. The first kappa shape index (κ1) is 18.7. The zero-order valence-electron chi connectivity index (χ0n) is 14.2. The molecular weight excluding hydrogens is 332 g/mol. The van der Waals surface area contributed by atoms with Crippen LogP contribution in [0, 0.1) is 5.92 Å². The molecule has 8 heteroatoms. The average molecular weight is 356 g/mol. The second-order valence-electron chi connectivity index (χ2n) is 6.03. The molecule has 24 heavy (non-hydrogen) atoms. The van der Waals surface area contributed by atoms with Crippen LogP contribution in [0.5, 0.6) is 5.75 Å².